The number of nitrogens with zero attached hydrogens (tertiary/aromatic N) is 3. The zero-order valence-electron chi connectivity index (χ0n) is 10.0. The molecule has 0 saturated heterocycles. The third kappa shape index (κ3) is 4.06. The molecule has 98 valence electrons. The summed E-state index contributed by atoms with van der Waals surface area (Å²) >= 11 is 1.58. The summed E-state index contributed by atoms with van der Waals surface area (Å²) in [6, 6.07) is 0.423. The Morgan fingerprint density at radius 2 is 2.33 bits per heavy atom. The van der Waals surface area contributed by atoms with Gasteiger partial charge in [-0.15, -0.1) is 16.4 Å². The standard InChI is InChI=1S/C10H15N5O2S/c1-16-3-2-11-6-9-14-15-10(17-9)13-5-8-4-12-7-18-8/h4,7,11H,2-3,5-6H2,1H3,(H,13,15). The number of rotatable bonds is 8. The summed E-state index contributed by atoms with van der Waals surface area (Å²) in [7, 11) is 1.66. The van der Waals surface area contributed by atoms with Gasteiger partial charge in [0, 0.05) is 24.7 Å². The number of nitrogens with one attached hydrogen (secondary N) is 2. The molecule has 0 aliphatic rings. The summed E-state index contributed by atoms with van der Waals surface area (Å²) < 4.78 is 10.3. The van der Waals surface area contributed by atoms with Gasteiger partial charge in [-0.1, -0.05) is 5.10 Å². The lowest BCUT2D eigenvalue weighted by Crippen LogP contribution is -2.18. The fraction of sp³-hybridized carbons (Fsp3) is 0.500. The highest BCUT2D eigenvalue weighted by atomic mass is 32.1. The number of hydrogen-bond acceptors (Lipinski definition) is 8. The maximum atomic E-state index is 5.41. The summed E-state index contributed by atoms with van der Waals surface area (Å²) in [4.78, 5) is 5.11. The Hall–Kier alpha value is -1.51. The van der Waals surface area contributed by atoms with Gasteiger partial charge in [-0.2, -0.15) is 0 Å². The van der Waals surface area contributed by atoms with Gasteiger partial charge in [0.2, 0.25) is 5.89 Å². The van der Waals surface area contributed by atoms with E-state index in [1.54, 1.807) is 30.2 Å². The van der Waals surface area contributed by atoms with Crippen LogP contribution in [-0.4, -0.2) is 35.4 Å². The highest BCUT2D eigenvalue weighted by Gasteiger charge is 2.05. The van der Waals surface area contributed by atoms with Gasteiger partial charge in [-0.3, -0.25) is 4.98 Å². The number of anilines is 1. The van der Waals surface area contributed by atoms with Gasteiger partial charge in [0.05, 0.1) is 25.2 Å². The van der Waals surface area contributed by atoms with Crippen LogP contribution in [0.25, 0.3) is 0 Å². The first-order chi connectivity index (χ1) is 8.88. The van der Waals surface area contributed by atoms with Crippen LogP contribution in [0.4, 0.5) is 6.01 Å². The molecule has 0 radical (unpaired) electrons. The first-order valence-corrected chi connectivity index (χ1v) is 6.39. The molecule has 0 aliphatic carbocycles. The molecular weight excluding hydrogens is 254 g/mol. The van der Waals surface area contributed by atoms with Crippen molar-refractivity contribution in [3.05, 3.63) is 22.5 Å². The molecule has 0 aromatic carbocycles. The lowest BCUT2D eigenvalue weighted by atomic mass is 10.5. The second-order valence-corrected chi connectivity index (χ2v) is 4.46. The predicted octanol–water partition coefficient (Wildman–Crippen LogP) is 0.874. The van der Waals surface area contributed by atoms with Gasteiger partial charge in [-0.25, -0.2) is 0 Å². The van der Waals surface area contributed by atoms with E-state index in [1.165, 1.54) is 0 Å². The lowest BCUT2D eigenvalue weighted by molar-refractivity contribution is 0.198. The lowest BCUT2D eigenvalue weighted by Gasteiger charge is -1.99. The molecule has 0 fully saturated rings. The van der Waals surface area contributed by atoms with E-state index in [0.29, 0.717) is 31.6 Å². The number of hydrogen-bond donors (Lipinski definition) is 2. The second kappa shape index (κ2) is 7.04. The third-order valence-electron chi connectivity index (χ3n) is 2.12. The van der Waals surface area contributed by atoms with E-state index >= 15 is 0 Å². The highest BCUT2D eigenvalue weighted by Crippen LogP contribution is 2.10. The van der Waals surface area contributed by atoms with Crippen LogP contribution in [-0.2, 0) is 17.8 Å². The molecule has 2 aromatic rings. The van der Waals surface area contributed by atoms with E-state index in [-0.39, 0.29) is 0 Å². The molecule has 0 saturated carbocycles. The van der Waals surface area contributed by atoms with Crippen molar-refractivity contribution in [2.75, 3.05) is 25.6 Å². The summed E-state index contributed by atoms with van der Waals surface area (Å²) in [5.74, 6) is 0.554. The Bertz CT molecular complexity index is 445. The van der Waals surface area contributed by atoms with Crippen LogP contribution in [0.15, 0.2) is 16.1 Å². The molecule has 7 nitrogen and oxygen atoms in total. The normalized spacial score (nSPS) is 10.7. The third-order valence-corrected chi connectivity index (χ3v) is 2.90. The van der Waals surface area contributed by atoms with Crippen LogP contribution in [0.1, 0.15) is 10.8 Å². The molecule has 0 unspecified atom stereocenters. The van der Waals surface area contributed by atoms with Crippen molar-refractivity contribution in [2.24, 2.45) is 0 Å². The van der Waals surface area contributed by atoms with Crippen LogP contribution in [0.2, 0.25) is 0 Å². The minimum Gasteiger partial charge on any atom is -0.407 e. The molecule has 2 rings (SSSR count). The van der Waals surface area contributed by atoms with Crippen LogP contribution in [0, 0.1) is 0 Å². The predicted molar refractivity (Wildman–Crippen MR) is 67.3 cm³/mol. The van der Waals surface area contributed by atoms with E-state index in [2.05, 4.69) is 25.8 Å². The topological polar surface area (TPSA) is 85.1 Å². The van der Waals surface area contributed by atoms with E-state index in [4.69, 9.17) is 9.15 Å². The number of ether oxygens (including phenoxy) is 1. The highest BCUT2D eigenvalue weighted by molar-refractivity contribution is 7.09. The number of methoxy groups -OCH3 is 1. The van der Waals surface area contributed by atoms with E-state index < -0.39 is 0 Å². The van der Waals surface area contributed by atoms with Crippen molar-refractivity contribution in [1.82, 2.24) is 20.5 Å². The minimum atomic E-state index is 0.423. The summed E-state index contributed by atoms with van der Waals surface area (Å²) in [5, 5.41) is 14.0. The van der Waals surface area contributed by atoms with E-state index in [1.807, 2.05) is 0 Å². The van der Waals surface area contributed by atoms with E-state index in [0.717, 1.165) is 11.4 Å². The van der Waals surface area contributed by atoms with Gasteiger partial charge in [0.1, 0.15) is 0 Å². The Morgan fingerprint density at radius 3 is 3.11 bits per heavy atom. The average Bonchev–Trinajstić information content (AvgIpc) is 3.03. The minimum absolute atomic E-state index is 0.423. The average molecular weight is 269 g/mol. The quantitative estimate of drug-likeness (QED) is 0.688. The van der Waals surface area contributed by atoms with Crippen LogP contribution < -0.4 is 10.6 Å². The molecule has 18 heavy (non-hydrogen) atoms. The maximum absolute atomic E-state index is 5.41. The summed E-state index contributed by atoms with van der Waals surface area (Å²) in [6.45, 7) is 2.59. The van der Waals surface area contributed by atoms with Crippen LogP contribution in [0.5, 0.6) is 0 Å². The maximum Gasteiger partial charge on any atom is 0.315 e. The molecule has 0 atom stereocenters. The molecule has 0 spiro atoms. The largest absolute Gasteiger partial charge is 0.407 e. The first kappa shape index (κ1) is 12.9. The Balaban J connectivity index is 1.72. The molecule has 0 aliphatic heterocycles. The molecule has 8 heteroatoms. The van der Waals surface area contributed by atoms with Crippen LogP contribution in [0.3, 0.4) is 0 Å². The van der Waals surface area contributed by atoms with Gasteiger partial charge >= 0.3 is 6.01 Å². The van der Waals surface area contributed by atoms with E-state index in [9.17, 15) is 0 Å². The van der Waals surface area contributed by atoms with Crippen molar-refractivity contribution in [3.63, 3.8) is 0 Å². The molecule has 2 N–H and O–H groups in total. The van der Waals surface area contributed by atoms with Gasteiger partial charge in [0.25, 0.3) is 0 Å². The monoisotopic (exact) mass is 269 g/mol. The van der Waals surface area contributed by atoms with Gasteiger partial charge in [-0.05, 0) is 0 Å². The Kier molecular flexibility index (Phi) is 5.06. The zero-order chi connectivity index (χ0) is 12.6. The summed E-state index contributed by atoms with van der Waals surface area (Å²) in [6.07, 6.45) is 1.81. The molecule has 0 amide bonds. The van der Waals surface area contributed by atoms with Crippen LogP contribution >= 0.6 is 11.3 Å². The fourth-order valence-corrected chi connectivity index (χ4v) is 1.79. The number of aromatic nitrogens is 3. The van der Waals surface area contributed by atoms with Gasteiger partial charge < -0.3 is 19.8 Å². The molecular formula is C10H15N5O2S. The second-order valence-electron chi connectivity index (χ2n) is 3.49. The van der Waals surface area contributed by atoms with Crippen molar-refractivity contribution >= 4 is 17.4 Å². The SMILES string of the molecule is COCCNCc1nnc(NCc2cncs2)o1. The van der Waals surface area contributed by atoms with Crippen molar-refractivity contribution < 1.29 is 9.15 Å². The van der Waals surface area contributed by atoms with Gasteiger partial charge in [0.15, 0.2) is 0 Å². The fourth-order valence-electron chi connectivity index (χ4n) is 1.26. The molecule has 2 heterocycles. The van der Waals surface area contributed by atoms with Crippen molar-refractivity contribution in [3.8, 4) is 0 Å². The number of thiazole rings is 1. The first-order valence-electron chi connectivity index (χ1n) is 5.52. The Morgan fingerprint density at radius 1 is 1.39 bits per heavy atom. The molecule has 0 bridgehead atoms. The van der Waals surface area contributed by atoms with Crippen molar-refractivity contribution in [1.29, 1.82) is 0 Å². The van der Waals surface area contributed by atoms with Crippen molar-refractivity contribution in [2.45, 2.75) is 13.1 Å². The molecule has 2 aromatic heterocycles. The smallest absolute Gasteiger partial charge is 0.315 e. The summed E-state index contributed by atoms with van der Waals surface area (Å²) in [5.41, 5.74) is 1.79. The zero-order valence-corrected chi connectivity index (χ0v) is 10.9. The Labute approximate surface area is 109 Å².